The molecule has 0 fully saturated rings. The van der Waals surface area contributed by atoms with Crippen LogP contribution in [-0.4, -0.2) is 19.7 Å². The van der Waals surface area contributed by atoms with E-state index in [1.165, 1.54) is 0 Å². The largest absolute Gasteiger partial charge is 0.250 e. The number of hydrogen-bond acceptors (Lipinski definition) is 3. The van der Waals surface area contributed by atoms with E-state index in [0.29, 0.717) is 11.9 Å². The van der Waals surface area contributed by atoms with Gasteiger partial charge in [-0.15, -0.1) is 0 Å². The topological polar surface area (TPSA) is 43.6 Å². The lowest BCUT2D eigenvalue weighted by Gasteiger charge is -2.03. The molecule has 0 atom stereocenters. The monoisotopic (exact) mass is 230 g/mol. The highest BCUT2D eigenvalue weighted by molar-refractivity contribution is 5.18. The van der Waals surface area contributed by atoms with Crippen molar-refractivity contribution in [3.8, 4) is 5.95 Å². The van der Waals surface area contributed by atoms with Crippen LogP contribution in [0.4, 0.5) is 0 Å². The van der Waals surface area contributed by atoms with Crippen LogP contribution in [0.1, 0.15) is 30.9 Å². The van der Waals surface area contributed by atoms with Crippen LogP contribution in [0, 0.1) is 19.8 Å². The van der Waals surface area contributed by atoms with Crippen LogP contribution in [0.3, 0.4) is 0 Å². The van der Waals surface area contributed by atoms with Gasteiger partial charge in [0, 0.05) is 17.6 Å². The first kappa shape index (κ1) is 11.8. The van der Waals surface area contributed by atoms with Crippen LogP contribution in [0.5, 0.6) is 0 Å². The second-order valence-corrected chi connectivity index (χ2v) is 4.80. The van der Waals surface area contributed by atoms with E-state index < -0.39 is 0 Å². The lowest BCUT2D eigenvalue weighted by molar-refractivity contribution is 0.625. The third-order valence-electron chi connectivity index (χ3n) is 2.44. The predicted molar refractivity (Wildman–Crippen MR) is 67.2 cm³/mol. The van der Waals surface area contributed by atoms with Crippen molar-refractivity contribution in [1.29, 1.82) is 0 Å². The Morgan fingerprint density at radius 1 is 1.18 bits per heavy atom. The zero-order chi connectivity index (χ0) is 12.4. The first-order valence-electron chi connectivity index (χ1n) is 5.92. The maximum atomic E-state index is 4.49. The molecule has 2 aromatic heterocycles. The second-order valence-electron chi connectivity index (χ2n) is 4.80. The average molecular weight is 230 g/mol. The van der Waals surface area contributed by atoms with E-state index in [1.807, 2.05) is 32.2 Å². The standard InChI is InChI=1S/C13H18N4/c1-9(2)7-12-5-6-17(16-12)13-14-10(3)8-11(4)15-13/h5-6,8-9H,7H2,1-4H3. The second kappa shape index (κ2) is 4.65. The minimum absolute atomic E-state index is 0.610. The molecule has 0 spiro atoms. The summed E-state index contributed by atoms with van der Waals surface area (Å²) < 4.78 is 1.75. The molecule has 0 N–H and O–H groups in total. The van der Waals surface area contributed by atoms with Gasteiger partial charge in [0.2, 0.25) is 0 Å². The third-order valence-corrected chi connectivity index (χ3v) is 2.44. The van der Waals surface area contributed by atoms with Crippen molar-refractivity contribution in [1.82, 2.24) is 19.7 Å². The Hall–Kier alpha value is -1.71. The molecular formula is C13H18N4. The number of nitrogens with zero attached hydrogens (tertiary/aromatic N) is 4. The smallest absolute Gasteiger partial charge is 0.216 e. The molecule has 0 amide bonds. The van der Waals surface area contributed by atoms with E-state index in [4.69, 9.17) is 0 Å². The van der Waals surface area contributed by atoms with Gasteiger partial charge in [-0.2, -0.15) is 5.10 Å². The highest BCUT2D eigenvalue weighted by Crippen LogP contribution is 2.08. The first-order chi connectivity index (χ1) is 8.04. The predicted octanol–water partition coefficient (Wildman–Crippen LogP) is 2.48. The van der Waals surface area contributed by atoms with Gasteiger partial charge in [0.05, 0.1) is 5.69 Å². The summed E-state index contributed by atoms with van der Waals surface area (Å²) in [6.45, 7) is 8.31. The van der Waals surface area contributed by atoms with Crippen LogP contribution >= 0.6 is 0 Å². The Balaban J connectivity index is 2.30. The molecule has 2 heterocycles. The van der Waals surface area contributed by atoms with Gasteiger partial charge in [0.25, 0.3) is 5.95 Å². The van der Waals surface area contributed by atoms with Crippen molar-refractivity contribution < 1.29 is 0 Å². The molecular weight excluding hydrogens is 212 g/mol. The fourth-order valence-corrected chi connectivity index (χ4v) is 1.81. The zero-order valence-corrected chi connectivity index (χ0v) is 10.8. The summed E-state index contributed by atoms with van der Waals surface area (Å²) in [6.07, 6.45) is 2.91. The summed E-state index contributed by atoms with van der Waals surface area (Å²) >= 11 is 0. The number of aryl methyl sites for hydroxylation is 2. The van der Waals surface area contributed by atoms with Crippen molar-refractivity contribution >= 4 is 0 Å². The molecule has 2 aromatic rings. The molecule has 0 aromatic carbocycles. The van der Waals surface area contributed by atoms with Crippen molar-refractivity contribution in [2.24, 2.45) is 5.92 Å². The van der Waals surface area contributed by atoms with E-state index in [0.717, 1.165) is 23.5 Å². The molecule has 0 bridgehead atoms. The average Bonchev–Trinajstić information content (AvgIpc) is 2.63. The van der Waals surface area contributed by atoms with Crippen molar-refractivity contribution in [2.75, 3.05) is 0 Å². The highest BCUT2D eigenvalue weighted by Gasteiger charge is 2.06. The van der Waals surface area contributed by atoms with Crippen LogP contribution in [-0.2, 0) is 6.42 Å². The van der Waals surface area contributed by atoms with Crippen molar-refractivity contribution in [3.63, 3.8) is 0 Å². The van der Waals surface area contributed by atoms with Gasteiger partial charge < -0.3 is 0 Å². The minimum atomic E-state index is 0.610. The van der Waals surface area contributed by atoms with Crippen molar-refractivity contribution in [2.45, 2.75) is 34.1 Å². The summed E-state index contributed by atoms with van der Waals surface area (Å²) in [5, 5.41) is 4.49. The van der Waals surface area contributed by atoms with E-state index in [2.05, 4.69) is 28.9 Å². The lowest BCUT2D eigenvalue weighted by Crippen LogP contribution is -2.05. The molecule has 0 aliphatic rings. The number of hydrogen-bond donors (Lipinski definition) is 0. The fraction of sp³-hybridized carbons (Fsp3) is 0.462. The molecule has 0 saturated carbocycles. The molecule has 4 heteroatoms. The van der Waals surface area contributed by atoms with Gasteiger partial charge in [-0.1, -0.05) is 13.8 Å². The molecule has 0 aliphatic carbocycles. The molecule has 90 valence electrons. The van der Waals surface area contributed by atoms with Crippen LogP contribution in [0.25, 0.3) is 5.95 Å². The molecule has 17 heavy (non-hydrogen) atoms. The zero-order valence-electron chi connectivity index (χ0n) is 10.8. The Bertz CT molecular complexity index is 494. The van der Waals surface area contributed by atoms with Gasteiger partial charge in [0.1, 0.15) is 0 Å². The quantitative estimate of drug-likeness (QED) is 0.813. The highest BCUT2D eigenvalue weighted by atomic mass is 15.3. The summed E-state index contributed by atoms with van der Waals surface area (Å²) in [5.41, 5.74) is 3.02. The van der Waals surface area contributed by atoms with Crippen LogP contribution in [0.15, 0.2) is 18.3 Å². The fourth-order valence-electron chi connectivity index (χ4n) is 1.81. The molecule has 4 nitrogen and oxygen atoms in total. The lowest BCUT2D eigenvalue weighted by atomic mass is 10.1. The minimum Gasteiger partial charge on any atom is -0.216 e. The van der Waals surface area contributed by atoms with Gasteiger partial charge in [0.15, 0.2) is 0 Å². The van der Waals surface area contributed by atoms with E-state index in [1.54, 1.807) is 4.68 Å². The summed E-state index contributed by atoms with van der Waals surface area (Å²) in [7, 11) is 0. The van der Waals surface area contributed by atoms with Gasteiger partial charge >= 0.3 is 0 Å². The van der Waals surface area contributed by atoms with E-state index in [9.17, 15) is 0 Å². The van der Waals surface area contributed by atoms with Gasteiger partial charge in [-0.05, 0) is 38.3 Å². The van der Waals surface area contributed by atoms with E-state index in [-0.39, 0.29) is 0 Å². The molecule has 0 saturated heterocycles. The van der Waals surface area contributed by atoms with Gasteiger partial charge in [-0.25, -0.2) is 14.6 Å². The van der Waals surface area contributed by atoms with E-state index >= 15 is 0 Å². The number of aromatic nitrogens is 4. The Labute approximate surface area is 102 Å². The molecule has 0 unspecified atom stereocenters. The summed E-state index contributed by atoms with van der Waals surface area (Å²) in [5.74, 6) is 1.26. The summed E-state index contributed by atoms with van der Waals surface area (Å²) in [4.78, 5) is 8.77. The Morgan fingerprint density at radius 3 is 2.41 bits per heavy atom. The maximum absolute atomic E-state index is 4.49. The van der Waals surface area contributed by atoms with Gasteiger partial charge in [-0.3, -0.25) is 0 Å². The Kier molecular flexibility index (Phi) is 3.22. The molecule has 0 radical (unpaired) electrons. The maximum Gasteiger partial charge on any atom is 0.250 e. The van der Waals surface area contributed by atoms with Crippen LogP contribution < -0.4 is 0 Å². The summed E-state index contributed by atoms with van der Waals surface area (Å²) in [6, 6.07) is 3.99. The van der Waals surface area contributed by atoms with Crippen molar-refractivity contribution in [3.05, 3.63) is 35.4 Å². The molecule has 0 aliphatic heterocycles. The third kappa shape index (κ3) is 2.90. The Morgan fingerprint density at radius 2 is 1.82 bits per heavy atom. The normalized spacial score (nSPS) is 11.1. The van der Waals surface area contributed by atoms with Crippen LogP contribution in [0.2, 0.25) is 0 Å². The SMILES string of the molecule is Cc1cc(C)nc(-n2ccc(CC(C)C)n2)n1. The molecule has 2 rings (SSSR count). The number of rotatable bonds is 3. The first-order valence-corrected chi connectivity index (χ1v) is 5.92.